The molecule has 1 aromatic rings. The Morgan fingerprint density at radius 1 is 1.07 bits per heavy atom. The van der Waals surface area contributed by atoms with Gasteiger partial charge in [-0.1, -0.05) is 19.3 Å². The third kappa shape index (κ3) is 3.43. The van der Waals surface area contributed by atoms with Crippen LogP contribution in [0.25, 0.3) is 0 Å². The number of amides is 4. The van der Waals surface area contributed by atoms with Crippen LogP contribution < -0.4 is 14.8 Å². The van der Waals surface area contributed by atoms with E-state index in [0.29, 0.717) is 30.0 Å². The third-order valence-electron chi connectivity index (χ3n) is 5.42. The van der Waals surface area contributed by atoms with Crippen molar-refractivity contribution in [3.63, 3.8) is 0 Å². The van der Waals surface area contributed by atoms with Crippen LogP contribution in [0.2, 0.25) is 0 Å². The summed E-state index contributed by atoms with van der Waals surface area (Å²) in [5, 5.41) is 2.70. The van der Waals surface area contributed by atoms with Gasteiger partial charge in [0, 0.05) is 30.9 Å². The number of methoxy groups -OCH3 is 2. The fourth-order valence-electron chi connectivity index (χ4n) is 3.89. The van der Waals surface area contributed by atoms with Gasteiger partial charge in [-0.25, -0.2) is 4.79 Å². The molecule has 1 aliphatic heterocycles. The number of nitrogens with one attached hydrogen (secondary N) is 1. The molecule has 1 saturated carbocycles. The summed E-state index contributed by atoms with van der Waals surface area (Å²) in [6, 6.07) is 4.55. The molecule has 0 unspecified atom stereocenters. The minimum absolute atomic E-state index is 0.270. The van der Waals surface area contributed by atoms with Crippen molar-refractivity contribution < 1.29 is 23.9 Å². The molecule has 4 amide bonds. The van der Waals surface area contributed by atoms with E-state index in [-0.39, 0.29) is 12.5 Å². The highest BCUT2D eigenvalue weighted by Crippen LogP contribution is 2.39. The second kappa shape index (κ2) is 7.46. The van der Waals surface area contributed by atoms with Crippen LogP contribution in [0.5, 0.6) is 11.5 Å². The Labute approximate surface area is 158 Å². The van der Waals surface area contributed by atoms with Crippen LogP contribution in [0.1, 0.15) is 32.1 Å². The first-order valence-electron chi connectivity index (χ1n) is 9.04. The number of ether oxygens (including phenoxy) is 2. The van der Waals surface area contributed by atoms with Gasteiger partial charge in [0.25, 0.3) is 5.91 Å². The Morgan fingerprint density at radius 2 is 1.67 bits per heavy atom. The number of benzene rings is 1. The minimum Gasteiger partial charge on any atom is -0.497 e. The van der Waals surface area contributed by atoms with Gasteiger partial charge in [-0.05, 0) is 12.8 Å². The lowest BCUT2D eigenvalue weighted by Gasteiger charge is -2.35. The SMILES string of the molecule is COc1cc(NC(=O)CN2C(=O)N(C)C3(CCCCC3)C2=O)cc(OC)c1. The lowest BCUT2D eigenvalue weighted by atomic mass is 9.81. The van der Waals surface area contributed by atoms with Crippen molar-refractivity contribution in [2.24, 2.45) is 0 Å². The maximum atomic E-state index is 12.9. The molecule has 8 heteroatoms. The molecule has 0 bridgehead atoms. The monoisotopic (exact) mass is 375 g/mol. The number of hydrogen-bond acceptors (Lipinski definition) is 5. The van der Waals surface area contributed by atoms with E-state index in [1.807, 2.05) is 0 Å². The molecule has 0 atom stereocenters. The van der Waals surface area contributed by atoms with Crippen molar-refractivity contribution in [2.75, 3.05) is 33.1 Å². The molecule has 2 fully saturated rings. The zero-order valence-corrected chi connectivity index (χ0v) is 15.9. The summed E-state index contributed by atoms with van der Waals surface area (Å²) in [5.74, 6) is 0.332. The van der Waals surface area contributed by atoms with Crippen LogP contribution >= 0.6 is 0 Å². The predicted octanol–water partition coefficient (Wildman–Crippen LogP) is 2.24. The van der Waals surface area contributed by atoms with Crippen LogP contribution in [0.4, 0.5) is 10.5 Å². The molecule has 1 N–H and O–H groups in total. The summed E-state index contributed by atoms with van der Waals surface area (Å²) in [6.07, 6.45) is 4.19. The number of rotatable bonds is 5. The van der Waals surface area contributed by atoms with E-state index in [0.717, 1.165) is 24.2 Å². The molecule has 1 spiro atoms. The summed E-state index contributed by atoms with van der Waals surface area (Å²) in [5.41, 5.74) is -0.314. The first kappa shape index (κ1) is 19.0. The van der Waals surface area contributed by atoms with E-state index in [1.165, 1.54) is 19.1 Å². The molecule has 0 radical (unpaired) electrons. The summed E-state index contributed by atoms with van der Waals surface area (Å²) < 4.78 is 10.4. The molecule has 27 heavy (non-hydrogen) atoms. The van der Waals surface area contributed by atoms with Crippen LogP contribution in [0.3, 0.4) is 0 Å². The number of carbonyl (C=O) groups is 3. The van der Waals surface area contributed by atoms with Crippen LogP contribution in [-0.2, 0) is 9.59 Å². The minimum atomic E-state index is -0.783. The Morgan fingerprint density at radius 3 is 2.22 bits per heavy atom. The van der Waals surface area contributed by atoms with E-state index >= 15 is 0 Å². The largest absolute Gasteiger partial charge is 0.497 e. The number of nitrogens with zero attached hydrogens (tertiary/aromatic N) is 2. The number of anilines is 1. The first-order valence-corrected chi connectivity index (χ1v) is 9.04. The van der Waals surface area contributed by atoms with E-state index in [1.54, 1.807) is 25.2 Å². The van der Waals surface area contributed by atoms with E-state index < -0.39 is 17.5 Å². The van der Waals surface area contributed by atoms with Crippen LogP contribution in [-0.4, -0.2) is 61.0 Å². The number of urea groups is 1. The Balaban J connectivity index is 1.72. The van der Waals surface area contributed by atoms with Gasteiger partial charge in [0.2, 0.25) is 5.91 Å². The first-order chi connectivity index (χ1) is 12.9. The number of hydrogen-bond donors (Lipinski definition) is 1. The van der Waals surface area contributed by atoms with Crippen molar-refractivity contribution in [1.29, 1.82) is 0 Å². The maximum Gasteiger partial charge on any atom is 0.327 e. The Hall–Kier alpha value is -2.77. The molecule has 146 valence electrons. The maximum absolute atomic E-state index is 12.9. The van der Waals surface area contributed by atoms with Gasteiger partial charge in [0.05, 0.1) is 14.2 Å². The normalized spacial score (nSPS) is 18.8. The van der Waals surface area contributed by atoms with Gasteiger partial charge < -0.3 is 19.7 Å². The zero-order valence-electron chi connectivity index (χ0n) is 15.9. The lowest BCUT2D eigenvalue weighted by molar-refractivity contribution is -0.136. The van der Waals surface area contributed by atoms with Crippen molar-refractivity contribution >= 4 is 23.5 Å². The standard InChI is InChI=1S/C19H25N3O5/c1-21-18(25)22(17(24)19(21)7-5-4-6-8-19)12-16(23)20-13-9-14(26-2)11-15(10-13)27-3/h9-11H,4-8,12H2,1-3H3,(H,20,23). The smallest absolute Gasteiger partial charge is 0.327 e. The van der Waals surface area contributed by atoms with Gasteiger partial charge in [-0.15, -0.1) is 0 Å². The number of carbonyl (C=O) groups excluding carboxylic acids is 3. The van der Waals surface area contributed by atoms with E-state index in [4.69, 9.17) is 9.47 Å². The highest BCUT2D eigenvalue weighted by atomic mass is 16.5. The Bertz CT molecular complexity index is 735. The fraction of sp³-hybridized carbons (Fsp3) is 0.526. The van der Waals surface area contributed by atoms with Gasteiger partial charge >= 0.3 is 6.03 Å². The Kier molecular flexibility index (Phi) is 5.25. The number of likely N-dealkylation sites (N-methyl/N-ethyl adjacent to an activating group) is 1. The van der Waals surface area contributed by atoms with E-state index in [9.17, 15) is 14.4 Å². The quantitative estimate of drug-likeness (QED) is 0.798. The lowest BCUT2D eigenvalue weighted by Crippen LogP contribution is -2.49. The van der Waals surface area contributed by atoms with E-state index in [2.05, 4.69) is 5.32 Å². The van der Waals surface area contributed by atoms with Crippen molar-refractivity contribution in [2.45, 2.75) is 37.6 Å². The van der Waals surface area contributed by atoms with Crippen molar-refractivity contribution in [3.8, 4) is 11.5 Å². The topological polar surface area (TPSA) is 88.2 Å². The molecule has 1 saturated heterocycles. The molecule has 1 heterocycles. The summed E-state index contributed by atoms with van der Waals surface area (Å²) in [4.78, 5) is 40.6. The predicted molar refractivity (Wildman–Crippen MR) is 98.9 cm³/mol. The summed E-state index contributed by atoms with van der Waals surface area (Å²) in [6.45, 7) is -0.316. The average molecular weight is 375 g/mol. The van der Waals surface area contributed by atoms with Gasteiger partial charge in [-0.3, -0.25) is 14.5 Å². The van der Waals surface area contributed by atoms with Crippen molar-refractivity contribution in [3.05, 3.63) is 18.2 Å². The molecule has 3 rings (SSSR count). The fourth-order valence-corrected chi connectivity index (χ4v) is 3.89. The van der Waals surface area contributed by atoms with Gasteiger partial charge in [0.15, 0.2) is 0 Å². The molecular weight excluding hydrogens is 350 g/mol. The zero-order chi connectivity index (χ0) is 19.6. The molecular formula is C19H25N3O5. The second-order valence-electron chi connectivity index (χ2n) is 6.97. The highest BCUT2D eigenvalue weighted by molar-refractivity contribution is 6.10. The third-order valence-corrected chi connectivity index (χ3v) is 5.42. The molecule has 1 aromatic carbocycles. The molecule has 1 aliphatic carbocycles. The second-order valence-corrected chi connectivity index (χ2v) is 6.97. The molecule has 8 nitrogen and oxygen atoms in total. The average Bonchev–Trinajstić information content (AvgIpc) is 2.84. The summed E-state index contributed by atoms with van der Waals surface area (Å²) >= 11 is 0. The van der Waals surface area contributed by atoms with Crippen LogP contribution in [0, 0.1) is 0 Å². The number of imide groups is 1. The highest BCUT2D eigenvalue weighted by Gasteiger charge is 2.55. The summed E-state index contributed by atoms with van der Waals surface area (Å²) in [7, 11) is 4.68. The van der Waals surface area contributed by atoms with Gasteiger partial charge in [-0.2, -0.15) is 0 Å². The molecule has 2 aliphatic rings. The van der Waals surface area contributed by atoms with Gasteiger partial charge in [0.1, 0.15) is 23.6 Å². The van der Waals surface area contributed by atoms with Crippen LogP contribution in [0.15, 0.2) is 18.2 Å². The molecule has 0 aromatic heterocycles. The van der Waals surface area contributed by atoms with Crippen molar-refractivity contribution in [1.82, 2.24) is 9.80 Å².